The molecule has 3 aliphatic heterocycles. The number of likely N-dealkylation sites (tertiary alicyclic amines) is 1. The molecule has 0 spiro atoms. The van der Waals surface area contributed by atoms with Crippen molar-refractivity contribution < 1.29 is 28.6 Å². The summed E-state index contributed by atoms with van der Waals surface area (Å²) in [6.07, 6.45) is 0.587. The van der Waals surface area contributed by atoms with Crippen molar-refractivity contribution >= 4 is 29.1 Å². The van der Waals surface area contributed by atoms with E-state index in [0.717, 1.165) is 5.56 Å². The smallest absolute Gasteiger partial charge is 0.273 e. The van der Waals surface area contributed by atoms with Crippen molar-refractivity contribution in [3.63, 3.8) is 0 Å². The Kier molecular flexibility index (Phi) is 7.06. The van der Waals surface area contributed by atoms with Gasteiger partial charge in [0, 0.05) is 43.0 Å². The monoisotopic (exact) mass is 548 g/mol. The minimum atomic E-state index is -0.422. The van der Waals surface area contributed by atoms with E-state index >= 15 is 0 Å². The first-order chi connectivity index (χ1) is 19.1. The number of carbonyl (C=O) groups excluding carboxylic acids is 3. The molecule has 0 aliphatic carbocycles. The van der Waals surface area contributed by atoms with Crippen molar-refractivity contribution in [2.75, 3.05) is 46.1 Å². The Hall–Kier alpha value is -4.12. The number of hydrogen-bond acceptors (Lipinski definition) is 8. The second-order valence-corrected chi connectivity index (χ2v) is 10.4. The van der Waals surface area contributed by atoms with Crippen LogP contribution in [-0.4, -0.2) is 78.6 Å². The first-order valence-corrected chi connectivity index (χ1v) is 13.9. The maximum atomic E-state index is 13.5. The fourth-order valence-electron chi connectivity index (χ4n) is 5.30. The fourth-order valence-corrected chi connectivity index (χ4v) is 5.83. The standard InChI is InChI=1S/C28H28N4O6S/c33-26-22-14-32(27(34)19-5-6-24-25(12-19)38-17-37-24)13-21(22)18-3-1-4-20(11-18)36-10-9-31(8-2-7-29-26)28(35)23-15-39-16-30-23/h1,3-6,11-12,15-16,21-22H,2,7-10,13-14,17H2,(H,29,33)/t21-,22+/m1/s1. The van der Waals surface area contributed by atoms with E-state index in [1.54, 1.807) is 38.9 Å². The largest absolute Gasteiger partial charge is 0.492 e. The molecule has 2 atom stereocenters. The molecule has 2 aromatic carbocycles. The minimum Gasteiger partial charge on any atom is -0.492 e. The van der Waals surface area contributed by atoms with Crippen molar-refractivity contribution in [2.45, 2.75) is 12.3 Å². The van der Waals surface area contributed by atoms with Crippen molar-refractivity contribution in [2.24, 2.45) is 5.92 Å². The molecule has 1 fully saturated rings. The molecule has 1 N–H and O–H groups in total. The summed E-state index contributed by atoms with van der Waals surface area (Å²) in [5.74, 6) is 0.793. The van der Waals surface area contributed by atoms with Crippen LogP contribution in [0.4, 0.5) is 0 Å². The van der Waals surface area contributed by atoms with Gasteiger partial charge in [0.15, 0.2) is 11.5 Å². The summed E-state index contributed by atoms with van der Waals surface area (Å²) < 4.78 is 16.8. The molecule has 2 bridgehead atoms. The van der Waals surface area contributed by atoms with Crippen molar-refractivity contribution in [1.82, 2.24) is 20.1 Å². The molecule has 6 rings (SSSR count). The fraction of sp³-hybridized carbons (Fsp3) is 0.357. The topological polar surface area (TPSA) is 110 Å². The summed E-state index contributed by atoms with van der Waals surface area (Å²) in [5, 5.41) is 4.78. The molecular formula is C28H28N4O6S. The highest BCUT2D eigenvalue weighted by Gasteiger charge is 2.41. The molecule has 202 valence electrons. The van der Waals surface area contributed by atoms with Crippen LogP contribution < -0.4 is 19.5 Å². The second-order valence-electron chi connectivity index (χ2n) is 9.72. The Morgan fingerprint density at radius 2 is 1.82 bits per heavy atom. The van der Waals surface area contributed by atoms with Gasteiger partial charge in [-0.05, 0) is 42.3 Å². The van der Waals surface area contributed by atoms with Crippen LogP contribution in [0.3, 0.4) is 0 Å². The zero-order chi connectivity index (χ0) is 26.8. The van der Waals surface area contributed by atoms with E-state index in [9.17, 15) is 14.4 Å². The second kappa shape index (κ2) is 10.9. The molecular weight excluding hydrogens is 520 g/mol. The SMILES string of the molecule is O=C1NCCCN(C(=O)c2cscn2)CCOc2cccc(c2)[C@H]2CN(C(=O)c3ccc4c(c3)OCO4)C[C@H]12. The normalized spacial score (nSPS) is 21.0. The zero-order valence-corrected chi connectivity index (χ0v) is 22.0. The zero-order valence-electron chi connectivity index (χ0n) is 21.2. The van der Waals surface area contributed by atoms with E-state index in [1.807, 2.05) is 24.3 Å². The lowest BCUT2D eigenvalue weighted by Crippen LogP contribution is -2.39. The number of fused-ring (bicyclic) bond motifs is 5. The number of benzene rings is 2. The highest BCUT2D eigenvalue weighted by Crippen LogP contribution is 2.37. The minimum absolute atomic E-state index is 0.109. The van der Waals surface area contributed by atoms with Crippen LogP contribution in [-0.2, 0) is 4.79 Å². The van der Waals surface area contributed by atoms with Gasteiger partial charge in [0.25, 0.3) is 11.8 Å². The number of hydrogen-bond donors (Lipinski definition) is 1. The summed E-state index contributed by atoms with van der Waals surface area (Å²) in [5.41, 5.74) is 3.47. The Labute approximate surface area is 229 Å². The summed E-state index contributed by atoms with van der Waals surface area (Å²) >= 11 is 1.38. The van der Waals surface area contributed by atoms with Crippen LogP contribution >= 0.6 is 11.3 Å². The molecule has 1 aromatic heterocycles. The quantitative estimate of drug-likeness (QED) is 0.524. The molecule has 4 heterocycles. The summed E-state index contributed by atoms with van der Waals surface area (Å²) in [4.78, 5) is 47.4. The van der Waals surface area contributed by atoms with Gasteiger partial charge in [0.1, 0.15) is 18.1 Å². The number of amides is 3. The lowest BCUT2D eigenvalue weighted by atomic mass is 9.88. The Bertz CT molecular complexity index is 1380. The number of rotatable bonds is 2. The molecule has 10 nitrogen and oxygen atoms in total. The molecule has 0 radical (unpaired) electrons. The van der Waals surface area contributed by atoms with Gasteiger partial charge in [-0.15, -0.1) is 11.3 Å². The molecule has 0 saturated carbocycles. The number of aromatic nitrogens is 1. The summed E-state index contributed by atoms with van der Waals surface area (Å²) in [6.45, 7) is 2.44. The van der Waals surface area contributed by atoms with Crippen LogP contribution in [0.15, 0.2) is 53.4 Å². The summed E-state index contributed by atoms with van der Waals surface area (Å²) in [7, 11) is 0. The van der Waals surface area contributed by atoms with Gasteiger partial charge >= 0.3 is 0 Å². The van der Waals surface area contributed by atoms with E-state index in [2.05, 4.69) is 10.3 Å². The predicted octanol–water partition coefficient (Wildman–Crippen LogP) is 2.77. The van der Waals surface area contributed by atoms with Crippen LogP contribution in [0, 0.1) is 5.92 Å². The maximum Gasteiger partial charge on any atom is 0.273 e. The van der Waals surface area contributed by atoms with Crippen molar-refractivity contribution in [3.05, 3.63) is 70.2 Å². The Morgan fingerprint density at radius 1 is 0.949 bits per heavy atom. The average molecular weight is 549 g/mol. The molecule has 11 heteroatoms. The van der Waals surface area contributed by atoms with Crippen molar-refractivity contribution in [3.8, 4) is 17.2 Å². The third-order valence-electron chi connectivity index (χ3n) is 7.32. The van der Waals surface area contributed by atoms with E-state index in [0.29, 0.717) is 74.3 Å². The first-order valence-electron chi connectivity index (χ1n) is 12.9. The number of thiazole rings is 1. The number of nitrogens with one attached hydrogen (secondary N) is 1. The molecule has 0 unspecified atom stereocenters. The average Bonchev–Trinajstić information content (AvgIpc) is 3.73. The van der Waals surface area contributed by atoms with Gasteiger partial charge in [-0.2, -0.15) is 0 Å². The molecule has 1 saturated heterocycles. The van der Waals surface area contributed by atoms with Gasteiger partial charge in [-0.3, -0.25) is 14.4 Å². The van der Waals surface area contributed by atoms with Gasteiger partial charge in [-0.25, -0.2) is 4.98 Å². The van der Waals surface area contributed by atoms with Crippen LogP contribution in [0.25, 0.3) is 0 Å². The van der Waals surface area contributed by atoms with E-state index in [4.69, 9.17) is 14.2 Å². The third kappa shape index (κ3) is 5.26. The molecule has 39 heavy (non-hydrogen) atoms. The van der Waals surface area contributed by atoms with Gasteiger partial charge in [-0.1, -0.05) is 12.1 Å². The van der Waals surface area contributed by atoms with Gasteiger partial charge in [0.2, 0.25) is 12.7 Å². The number of nitrogens with zero attached hydrogens (tertiary/aromatic N) is 3. The Morgan fingerprint density at radius 3 is 2.69 bits per heavy atom. The van der Waals surface area contributed by atoms with Crippen LogP contribution in [0.1, 0.15) is 38.7 Å². The summed E-state index contributed by atoms with van der Waals surface area (Å²) in [6, 6.07) is 12.8. The lowest BCUT2D eigenvalue weighted by molar-refractivity contribution is -0.124. The highest BCUT2D eigenvalue weighted by molar-refractivity contribution is 7.07. The van der Waals surface area contributed by atoms with Crippen molar-refractivity contribution in [1.29, 1.82) is 0 Å². The number of carbonyl (C=O) groups is 3. The number of ether oxygens (including phenoxy) is 3. The highest BCUT2D eigenvalue weighted by atomic mass is 32.1. The first kappa shape index (κ1) is 25.2. The van der Waals surface area contributed by atoms with E-state index < -0.39 is 5.92 Å². The lowest BCUT2D eigenvalue weighted by Gasteiger charge is -2.24. The van der Waals surface area contributed by atoms with Crippen LogP contribution in [0.2, 0.25) is 0 Å². The molecule has 3 aliphatic rings. The predicted molar refractivity (Wildman–Crippen MR) is 142 cm³/mol. The molecule has 3 aromatic rings. The van der Waals surface area contributed by atoms with E-state index in [1.165, 1.54) is 11.3 Å². The van der Waals surface area contributed by atoms with Gasteiger partial charge in [0.05, 0.1) is 18.0 Å². The third-order valence-corrected chi connectivity index (χ3v) is 7.91. The van der Waals surface area contributed by atoms with E-state index in [-0.39, 0.29) is 30.4 Å². The van der Waals surface area contributed by atoms with Gasteiger partial charge < -0.3 is 29.3 Å². The van der Waals surface area contributed by atoms with Crippen LogP contribution in [0.5, 0.6) is 17.2 Å². The maximum absolute atomic E-state index is 13.5. The Balaban J connectivity index is 1.22. The molecule has 3 amide bonds.